The molecule has 0 unspecified atom stereocenters. The van der Waals surface area contributed by atoms with E-state index < -0.39 is 0 Å². The number of furan rings is 1. The molecule has 156 valence electrons. The highest BCUT2D eigenvalue weighted by Crippen LogP contribution is 2.27. The Bertz CT molecular complexity index is 1140. The van der Waals surface area contributed by atoms with Crippen LogP contribution in [-0.2, 0) is 19.6 Å². The molecule has 4 nitrogen and oxygen atoms in total. The van der Waals surface area contributed by atoms with Gasteiger partial charge >= 0.3 is 0 Å². The van der Waals surface area contributed by atoms with E-state index in [0.717, 1.165) is 22.4 Å². The fourth-order valence-corrected chi connectivity index (χ4v) is 3.40. The maximum absolute atomic E-state index is 12.4. The van der Waals surface area contributed by atoms with Gasteiger partial charge in [-0.25, -0.2) is 0 Å². The number of carbonyl (C=O) groups excluding carboxylic acids is 1. The molecule has 3 aromatic carbocycles. The van der Waals surface area contributed by atoms with Gasteiger partial charge in [-0.15, -0.1) is 0 Å². The van der Waals surface area contributed by atoms with E-state index >= 15 is 0 Å². The molecule has 1 amide bonds. The number of carbonyl (C=O) groups is 1. The molecule has 0 radical (unpaired) electrons. The maximum Gasteiger partial charge on any atom is 0.287 e. The van der Waals surface area contributed by atoms with Gasteiger partial charge in [-0.2, -0.15) is 0 Å². The van der Waals surface area contributed by atoms with Gasteiger partial charge in [-0.05, 0) is 41.5 Å². The van der Waals surface area contributed by atoms with E-state index in [4.69, 9.17) is 20.8 Å². The van der Waals surface area contributed by atoms with Crippen LogP contribution in [0, 0.1) is 0 Å². The molecule has 1 aromatic heterocycles. The molecule has 1 heterocycles. The molecule has 31 heavy (non-hydrogen) atoms. The minimum absolute atomic E-state index is 0.248. The first-order valence-electron chi connectivity index (χ1n) is 10.0. The lowest BCUT2D eigenvalue weighted by Crippen LogP contribution is -2.22. The molecule has 0 fully saturated rings. The van der Waals surface area contributed by atoms with E-state index in [1.54, 1.807) is 18.2 Å². The molecule has 1 N–H and O–H groups in total. The zero-order chi connectivity index (χ0) is 21.5. The summed E-state index contributed by atoms with van der Waals surface area (Å²) in [7, 11) is 0. The fourth-order valence-electron chi connectivity index (χ4n) is 3.21. The number of halogens is 1. The summed E-state index contributed by atoms with van der Waals surface area (Å²) in [5.41, 5.74) is 3.01. The van der Waals surface area contributed by atoms with Crippen molar-refractivity contribution in [2.75, 3.05) is 0 Å². The second-order valence-electron chi connectivity index (χ2n) is 7.14. The summed E-state index contributed by atoms with van der Waals surface area (Å²) in [4.78, 5) is 12.4. The highest BCUT2D eigenvalue weighted by Gasteiger charge is 2.13. The van der Waals surface area contributed by atoms with Crippen LogP contribution in [0.1, 0.15) is 33.0 Å². The second kappa shape index (κ2) is 10.0. The van der Waals surface area contributed by atoms with Crippen LogP contribution in [0.25, 0.3) is 0 Å². The largest absolute Gasteiger partial charge is 0.489 e. The van der Waals surface area contributed by atoms with Crippen molar-refractivity contribution in [3.63, 3.8) is 0 Å². The second-order valence-corrected chi connectivity index (χ2v) is 7.57. The molecule has 0 saturated carbocycles. The number of hydrogen-bond donors (Lipinski definition) is 1. The summed E-state index contributed by atoms with van der Waals surface area (Å²) >= 11 is 6.21. The van der Waals surface area contributed by atoms with Gasteiger partial charge in [0.25, 0.3) is 5.91 Å². The number of hydrogen-bond acceptors (Lipinski definition) is 3. The van der Waals surface area contributed by atoms with Gasteiger partial charge in [-0.1, -0.05) is 72.3 Å². The van der Waals surface area contributed by atoms with Crippen LogP contribution < -0.4 is 10.1 Å². The monoisotopic (exact) mass is 431 g/mol. The van der Waals surface area contributed by atoms with E-state index in [1.165, 1.54) is 0 Å². The average Bonchev–Trinajstić information content (AvgIpc) is 3.27. The van der Waals surface area contributed by atoms with Crippen molar-refractivity contribution >= 4 is 17.5 Å². The zero-order valence-electron chi connectivity index (χ0n) is 16.9. The van der Waals surface area contributed by atoms with Gasteiger partial charge in [0.1, 0.15) is 18.1 Å². The van der Waals surface area contributed by atoms with Crippen LogP contribution in [-0.4, -0.2) is 5.91 Å². The minimum Gasteiger partial charge on any atom is -0.489 e. The van der Waals surface area contributed by atoms with Crippen LogP contribution in [0.15, 0.2) is 95.4 Å². The molecular weight excluding hydrogens is 410 g/mol. The van der Waals surface area contributed by atoms with Gasteiger partial charge in [0.05, 0.1) is 0 Å². The zero-order valence-corrected chi connectivity index (χ0v) is 17.6. The number of ether oxygens (including phenoxy) is 1. The van der Waals surface area contributed by atoms with Crippen molar-refractivity contribution in [1.82, 2.24) is 5.32 Å². The Morgan fingerprint density at radius 2 is 1.58 bits per heavy atom. The van der Waals surface area contributed by atoms with E-state index in [2.05, 4.69) is 5.32 Å². The molecule has 0 bridgehead atoms. The Morgan fingerprint density at radius 1 is 0.871 bits per heavy atom. The van der Waals surface area contributed by atoms with E-state index in [0.29, 0.717) is 30.4 Å². The first-order valence-corrected chi connectivity index (χ1v) is 10.4. The number of rotatable bonds is 8. The topological polar surface area (TPSA) is 51.5 Å². The predicted octanol–water partition coefficient (Wildman–Crippen LogP) is 6.03. The van der Waals surface area contributed by atoms with Gasteiger partial charge in [-0.3, -0.25) is 4.79 Å². The quantitative estimate of drug-likeness (QED) is 0.370. The third kappa shape index (κ3) is 5.77. The molecule has 0 aliphatic carbocycles. The van der Waals surface area contributed by atoms with Crippen molar-refractivity contribution in [1.29, 1.82) is 0 Å². The Kier molecular flexibility index (Phi) is 6.70. The molecule has 5 heteroatoms. The first kappa shape index (κ1) is 20.8. The summed E-state index contributed by atoms with van der Waals surface area (Å²) in [5.74, 6) is 1.43. The van der Waals surface area contributed by atoms with Crippen LogP contribution in [0.2, 0.25) is 5.02 Å². The normalized spacial score (nSPS) is 10.6. The minimum atomic E-state index is -0.248. The lowest BCUT2D eigenvalue weighted by molar-refractivity contribution is 0.0921. The molecule has 0 saturated heterocycles. The van der Waals surface area contributed by atoms with Crippen LogP contribution >= 0.6 is 11.6 Å². The Hall–Kier alpha value is -3.50. The Labute approximate surface area is 186 Å². The molecule has 4 aromatic rings. The van der Waals surface area contributed by atoms with Crippen molar-refractivity contribution in [3.8, 4) is 5.75 Å². The fraction of sp³-hybridized carbons (Fsp3) is 0.115. The van der Waals surface area contributed by atoms with Crippen molar-refractivity contribution in [3.05, 3.63) is 124 Å². The first-order chi connectivity index (χ1) is 15.2. The van der Waals surface area contributed by atoms with Gasteiger partial charge in [0.15, 0.2) is 5.76 Å². The Morgan fingerprint density at radius 3 is 2.32 bits per heavy atom. The molecular formula is C26H22ClNO3. The van der Waals surface area contributed by atoms with Gasteiger partial charge in [0, 0.05) is 23.6 Å². The summed E-state index contributed by atoms with van der Waals surface area (Å²) in [6.45, 7) is 0.905. The average molecular weight is 432 g/mol. The third-order valence-electron chi connectivity index (χ3n) is 4.81. The third-order valence-corrected chi connectivity index (χ3v) is 5.04. The van der Waals surface area contributed by atoms with Gasteiger partial charge in [0.2, 0.25) is 0 Å². The van der Waals surface area contributed by atoms with Crippen LogP contribution in [0.5, 0.6) is 5.75 Å². The van der Waals surface area contributed by atoms with E-state index in [-0.39, 0.29) is 11.7 Å². The molecule has 4 rings (SSSR count). The van der Waals surface area contributed by atoms with Crippen molar-refractivity contribution in [2.24, 2.45) is 0 Å². The standard InChI is InChI=1S/C26H22ClNO3/c27-22-11-13-24(30-18-20-9-5-2-6-10-20)21(15-22)16-23-12-14-25(31-23)26(29)28-17-19-7-3-1-4-8-19/h1-15H,16-18H2,(H,28,29). The number of amides is 1. The van der Waals surface area contributed by atoms with E-state index in [9.17, 15) is 4.79 Å². The molecule has 0 aliphatic heterocycles. The summed E-state index contributed by atoms with van der Waals surface area (Å²) < 4.78 is 11.8. The van der Waals surface area contributed by atoms with Gasteiger partial charge < -0.3 is 14.5 Å². The summed E-state index contributed by atoms with van der Waals surface area (Å²) in [6, 6.07) is 28.7. The summed E-state index contributed by atoms with van der Waals surface area (Å²) in [5, 5.41) is 3.49. The SMILES string of the molecule is O=C(NCc1ccccc1)c1ccc(Cc2cc(Cl)ccc2OCc2ccccc2)o1. The number of benzene rings is 3. The maximum atomic E-state index is 12.4. The predicted molar refractivity (Wildman–Crippen MR) is 121 cm³/mol. The summed E-state index contributed by atoms with van der Waals surface area (Å²) in [6.07, 6.45) is 0.469. The van der Waals surface area contributed by atoms with Crippen LogP contribution in [0.4, 0.5) is 0 Å². The van der Waals surface area contributed by atoms with Crippen molar-refractivity contribution < 1.29 is 13.9 Å². The highest BCUT2D eigenvalue weighted by atomic mass is 35.5. The number of nitrogens with one attached hydrogen (secondary N) is 1. The molecule has 0 atom stereocenters. The lowest BCUT2D eigenvalue weighted by Gasteiger charge is -2.11. The lowest BCUT2D eigenvalue weighted by atomic mass is 10.1. The Balaban J connectivity index is 1.41. The molecule has 0 spiro atoms. The van der Waals surface area contributed by atoms with Crippen LogP contribution in [0.3, 0.4) is 0 Å². The van der Waals surface area contributed by atoms with Crippen molar-refractivity contribution in [2.45, 2.75) is 19.6 Å². The highest BCUT2D eigenvalue weighted by molar-refractivity contribution is 6.30. The smallest absolute Gasteiger partial charge is 0.287 e. The van der Waals surface area contributed by atoms with E-state index in [1.807, 2.05) is 72.8 Å². The molecule has 0 aliphatic rings.